The summed E-state index contributed by atoms with van der Waals surface area (Å²) < 4.78 is 0. The number of fused-ring (bicyclic) bond motifs is 9. The fourth-order valence-electron chi connectivity index (χ4n) is 9.67. The molecule has 7 aromatic rings. The zero-order chi connectivity index (χ0) is 31.7. The van der Waals surface area contributed by atoms with Crippen molar-refractivity contribution in [1.82, 2.24) is 0 Å². The maximum atomic E-state index is 2.56. The number of hydrogen-bond donors (Lipinski definition) is 0. The largest absolute Gasteiger partial charge is 0.310 e. The molecular weight excluding hydrogens is 579 g/mol. The highest BCUT2D eigenvalue weighted by Gasteiger charge is 2.56. The van der Waals surface area contributed by atoms with Crippen molar-refractivity contribution in [2.75, 3.05) is 4.90 Å². The second kappa shape index (κ2) is 10.8. The summed E-state index contributed by atoms with van der Waals surface area (Å²) in [6.07, 6.45) is 5.41. The Kier molecular flexibility index (Phi) is 6.24. The lowest BCUT2D eigenvalue weighted by molar-refractivity contribution is 0.327. The number of nitrogens with zero attached hydrogens (tertiary/aromatic N) is 1. The molecule has 0 amide bonds. The van der Waals surface area contributed by atoms with Crippen LogP contribution in [0.1, 0.15) is 36.8 Å². The minimum absolute atomic E-state index is 0.145. The van der Waals surface area contributed by atoms with E-state index < -0.39 is 0 Å². The lowest BCUT2D eigenvalue weighted by Gasteiger charge is -2.37. The molecule has 0 N–H and O–H groups in total. The Labute approximate surface area is 283 Å². The van der Waals surface area contributed by atoms with Gasteiger partial charge < -0.3 is 4.90 Å². The molecule has 2 saturated carbocycles. The first-order valence-electron chi connectivity index (χ1n) is 17.5. The Bertz CT molecular complexity index is 2290. The Morgan fingerprint density at radius 3 is 1.85 bits per heavy atom. The van der Waals surface area contributed by atoms with Crippen molar-refractivity contribution in [3.63, 3.8) is 0 Å². The van der Waals surface area contributed by atoms with E-state index in [0.29, 0.717) is 0 Å². The van der Waals surface area contributed by atoms with Gasteiger partial charge in [-0.2, -0.15) is 0 Å². The summed E-state index contributed by atoms with van der Waals surface area (Å²) in [5.74, 6) is 1.58. The van der Waals surface area contributed by atoms with Gasteiger partial charge in [0, 0.05) is 22.5 Å². The summed E-state index contributed by atoms with van der Waals surface area (Å²) in [6, 6.07) is 60.9. The number of benzene rings is 7. The van der Waals surface area contributed by atoms with E-state index in [1.165, 1.54) is 86.9 Å². The third kappa shape index (κ3) is 4.17. The van der Waals surface area contributed by atoms with E-state index in [-0.39, 0.29) is 5.41 Å². The van der Waals surface area contributed by atoms with Gasteiger partial charge in [0.15, 0.2) is 0 Å². The summed E-state index contributed by atoms with van der Waals surface area (Å²) in [6.45, 7) is 0. The molecule has 7 aromatic carbocycles. The molecular formula is C47H37N. The lowest BCUT2D eigenvalue weighted by atomic mass is 9.67. The molecule has 3 aliphatic carbocycles. The van der Waals surface area contributed by atoms with Crippen LogP contribution in [0.4, 0.5) is 17.1 Å². The molecule has 2 bridgehead atoms. The molecule has 1 nitrogen and oxygen atoms in total. The number of hydrogen-bond acceptors (Lipinski definition) is 1. The molecule has 48 heavy (non-hydrogen) atoms. The maximum Gasteiger partial charge on any atom is 0.0465 e. The minimum atomic E-state index is 0.145. The SMILES string of the molecule is c1ccc(-c2ccc(N(c3ccc(-c4cccc5ccccc45)cc3)c3ccc4c(c3)C3(CC5CCC3C5)c3ccccc3-4)cc2)cc1. The zero-order valence-corrected chi connectivity index (χ0v) is 27.0. The molecule has 3 aliphatic rings. The van der Waals surface area contributed by atoms with Crippen LogP contribution in [-0.2, 0) is 5.41 Å². The van der Waals surface area contributed by atoms with Crippen LogP contribution in [0.15, 0.2) is 164 Å². The van der Waals surface area contributed by atoms with Gasteiger partial charge in [-0.25, -0.2) is 0 Å². The van der Waals surface area contributed by atoms with Crippen LogP contribution in [0.3, 0.4) is 0 Å². The van der Waals surface area contributed by atoms with E-state index >= 15 is 0 Å². The van der Waals surface area contributed by atoms with Crippen molar-refractivity contribution in [2.45, 2.75) is 31.1 Å². The summed E-state index contributed by atoms with van der Waals surface area (Å²) in [4.78, 5) is 2.46. The summed E-state index contributed by atoms with van der Waals surface area (Å²) in [5, 5.41) is 2.56. The Balaban J connectivity index is 1.11. The van der Waals surface area contributed by atoms with Crippen LogP contribution in [-0.4, -0.2) is 0 Å². The minimum Gasteiger partial charge on any atom is -0.310 e. The zero-order valence-electron chi connectivity index (χ0n) is 27.0. The highest BCUT2D eigenvalue weighted by atomic mass is 15.1. The second-order valence-electron chi connectivity index (χ2n) is 14.1. The van der Waals surface area contributed by atoms with E-state index in [2.05, 4.69) is 169 Å². The quantitative estimate of drug-likeness (QED) is 0.186. The maximum absolute atomic E-state index is 2.56. The first kappa shape index (κ1) is 27.7. The van der Waals surface area contributed by atoms with E-state index in [1.807, 2.05) is 0 Å². The van der Waals surface area contributed by atoms with Crippen molar-refractivity contribution in [3.05, 3.63) is 175 Å². The van der Waals surface area contributed by atoms with Crippen molar-refractivity contribution in [3.8, 4) is 33.4 Å². The molecule has 0 saturated heterocycles. The molecule has 0 aromatic heterocycles. The average molecular weight is 616 g/mol. The summed E-state index contributed by atoms with van der Waals surface area (Å²) >= 11 is 0. The second-order valence-corrected chi connectivity index (χ2v) is 14.1. The molecule has 1 heteroatoms. The molecule has 0 heterocycles. The fourth-order valence-corrected chi connectivity index (χ4v) is 9.67. The first-order chi connectivity index (χ1) is 23.8. The molecule has 1 spiro atoms. The van der Waals surface area contributed by atoms with Gasteiger partial charge in [-0.3, -0.25) is 0 Å². The molecule has 3 unspecified atom stereocenters. The molecule has 10 rings (SSSR count). The van der Waals surface area contributed by atoms with E-state index in [1.54, 1.807) is 11.1 Å². The average Bonchev–Trinajstić information content (AvgIpc) is 3.85. The van der Waals surface area contributed by atoms with E-state index in [9.17, 15) is 0 Å². The third-order valence-corrected chi connectivity index (χ3v) is 11.7. The van der Waals surface area contributed by atoms with Gasteiger partial charge in [-0.05, 0) is 123 Å². The van der Waals surface area contributed by atoms with Crippen molar-refractivity contribution in [1.29, 1.82) is 0 Å². The number of anilines is 3. The lowest BCUT2D eigenvalue weighted by Crippen LogP contribution is -2.32. The smallest absolute Gasteiger partial charge is 0.0465 e. The molecule has 230 valence electrons. The molecule has 3 atom stereocenters. The van der Waals surface area contributed by atoms with E-state index in [0.717, 1.165) is 11.8 Å². The van der Waals surface area contributed by atoms with Gasteiger partial charge in [0.1, 0.15) is 0 Å². The first-order valence-corrected chi connectivity index (χ1v) is 17.5. The predicted molar refractivity (Wildman–Crippen MR) is 201 cm³/mol. The van der Waals surface area contributed by atoms with E-state index in [4.69, 9.17) is 0 Å². The van der Waals surface area contributed by atoms with Crippen molar-refractivity contribution >= 4 is 27.8 Å². The Hall–Kier alpha value is -5.40. The van der Waals surface area contributed by atoms with Gasteiger partial charge >= 0.3 is 0 Å². The van der Waals surface area contributed by atoms with Gasteiger partial charge in [0.2, 0.25) is 0 Å². The van der Waals surface area contributed by atoms with Crippen molar-refractivity contribution < 1.29 is 0 Å². The van der Waals surface area contributed by atoms with Crippen LogP contribution < -0.4 is 4.90 Å². The van der Waals surface area contributed by atoms with Gasteiger partial charge in [0.05, 0.1) is 0 Å². The van der Waals surface area contributed by atoms with Gasteiger partial charge in [-0.1, -0.05) is 134 Å². The number of rotatable bonds is 5. The summed E-state index contributed by atoms with van der Waals surface area (Å²) in [5.41, 5.74) is 14.7. The fraction of sp³-hybridized carbons (Fsp3) is 0.149. The highest BCUT2D eigenvalue weighted by molar-refractivity contribution is 5.97. The van der Waals surface area contributed by atoms with Crippen LogP contribution in [0.2, 0.25) is 0 Å². The topological polar surface area (TPSA) is 3.24 Å². The van der Waals surface area contributed by atoms with Gasteiger partial charge in [-0.15, -0.1) is 0 Å². The normalized spacial score (nSPS) is 20.2. The Morgan fingerprint density at radius 1 is 0.458 bits per heavy atom. The molecule has 0 aliphatic heterocycles. The molecule has 0 radical (unpaired) electrons. The van der Waals surface area contributed by atoms with Crippen LogP contribution in [0.5, 0.6) is 0 Å². The Morgan fingerprint density at radius 2 is 1.08 bits per heavy atom. The standard InChI is InChI=1S/C47H37N/c1-2-9-33(10-3-1)34-18-23-38(24-19-34)48(39-25-20-36(21-26-39)42-15-8-12-35-11-4-5-13-41(35)42)40-27-28-44-43-14-6-7-16-45(43)47(46(44)30-40)31-32-17-22-37(47)29-32/h1-16,18-21,23-28,30,32,37H,17,22,29,31H2. The molecule has 2 fully saturated rings. The van der Waals surface area contributed by atoms with Crippen LogP contribution >= 0.6 is 0 Å². The van der Waals surface area contributed by atoms with Gasteiger partial charge in [0.25, 0.3) is 0 Å². The monoisotopic (exact) mass is 615 g/mol. The van der Waals surface area contributed by atoms with Crippen molar-refractivity contribution in [2.24, 2.45) is 11.8 Å². The third-order valence-electron chi connectivity index (χ3n) is 11.7. The van der Waals surface area contributed by atoms with Crippen LogP contribution in [0, 0.1) is 11.8 Å². The predicted octanol–water partition coefficient (Wildman–Crippen LogP) is 12.7. The summed E-state index contributed by atoms with van der Waals surface area (Å²) in [7, 11) is 0. The van der Waals surface area contributed by atoms with Crippen LogP contribution in [0.25, 0.3) is 44.2 Å². The highest BCUT2D eigenvalue weighted by Crippen LogP contribution is 2.66.